The molecule has 0 amide bonds. The molecule has 0 bridgehead atoms. The molecule has 0 aliphatic carbocycles. The smallest absolute Gasteiger partial charge is 0.252 e. The van der Waals surface area contributed by atoms with Gasteiger partial charge in [-0.15, -0.1) is 0 Å². The highest BCUT2D eigenvalue weighted by molar-refractivity contribution is 7.00. The summed E-state index contributed by atoms with van der Waals surface area (Å²) in [6, 6.07) is 54.2. The molecule has 0 fully saturated rings. The second-order valence-corrected chi connectivity index (χ2v) is 24.7. The molecule has 346 valence electrons. The number of hydrogen-bond acceptors (Lipinski definition) is 4. The molecule has 0 atom stereocenters. The lowest BCUT2D eigenvalue weighted by Crippen LogP contribution is -2.61. The Kier molecular flexibility index (Phi) is 11.2. The van der Waals surface area contributed by atoms with Crippen LogP contribution in [0, 0.1) is 22.7 Å². The summed E-state index contributed by atoms with van der Waals surface area (Å²) < 4.78 is 0. The van der Waals surface area contributed by atoms with Gasteiger partial charge in [0.05, 0.1) is 23.3 Å². The maximum Gasteiger partial charge on any atom is 0.252 e. The molecule has 69 heavy (non-hydrogen) atoms. The fraction of sp³-hybridized carbons (Fsp3) is 0.312. The number of rotatable bonds is 4. The summed E-state index contributed by atoms with van der Waals surface area (Å²) in [6.07, 6.45) is 0. The lowest BCUT2D eigenvalue weighted by molar-refractivity contribution is 0.568. The van der Waals surface area contributed by atoms with E-state index in [1.54, 1.807) is 0 Å². The maximum atomic E-state index is 9.76. The highest BCUT2D eigenvalue weighted by Gasteiger charge is 2.45. The zero-order chi connectivity index (χ0) is 49.7. The molecule has 0 N–H and O–H groups in total. The van der Waals surface area contributed by atoms with E-state index in [1.807, 2.05) is 24.3 Å². The third-order valence-corrected chi connectivity index (χ3v) is 14.4. The Bertz CT molecular complexity index is 2980. The lowest BCUT2D eigenvalue weighted by Gasteiger charge is -2.46. The Balaban J connectivity index is 1.45. The number of hydrogen-bond donors (Lipinski definition) is 0. The fourth-order valence-corrected chi connectivity index (χ4v) is 10.0. The number of nitrogens with zero attached hydrogens (tertiary/aromatic N) is 4. The third-order valence-electron chi connectivity index (χ3n) is 14.4. The minimum atomic E-state index is -0.175. The molecule has 0 aromatic heterocycles. The molecule has 0 saturated heterocycles. The maximum absolute atomic E-state index is 9.76. The van der Waals surface area contributed by atoms with Gasteiger partial charge in [0.15, 0.2) is 0 Å². The Morgan fingerprint density at radius 2 is 0.623 bits per heavy atom. The van der Waals surface area contributed by atoms with Crippen LogP contribution in [0.5, 0.6) is 0 Å². The van der Waals surface area contributed by atoms with Crippen LogP contribution >= 0.6 is 0 Å². The van der Waals surface area contributed by atoms with Crippen LogP contribution in [0.3, 0.4) is 0 Å². The van der Waals surface area contributed by atoms with Crippen LogP contribution in [0.25, 0.3) is 22.3 Å². The average Bonchev–Trinajstić information content (AvgIpc) is 3.29. The van der Waals surface area contributed by atoms with E-state index in [0.29, 0.717) is 11.1 Å². The van der Waals surface area contributed by atoms with Gasteiger partial charge >= 0.3 is 0 Å². The zero-order valence-corrected chi connectivity index (χ0v) is 43.6. The molecule has 5 heteroatoms. The van der Waals surface area contributed by atoms with Crippen molar-refractivity contribution in [3.05, 3.63) is 172 Å². The number of nitriles is 2. The first-order valence-electron chi connectivity index (χ1n) is 24.6. The number of fused-ring (bicyclic) bond motifs is 4. The molecule has 4 nitrogen and oxygen atoms in total. The van der Waals surface area contributed by atoms with Gasteiger partial charge in [0.1, 0.15) is 0 Å². The van der Waals surface area contributed by atoms with Crippen LogP contribution < -0.4 is 26.2 Å². The van der Waals surface area contributed by atoms with Crippen LogP contribution in [0.4, 0.5) is 34.1 Å². The van der Waals surface area contributed by atoms with E-state index in [2.05, 4.69) is 235 Å². The van der Waals surface area contributed by atoms with Crippen LogP contribution in [0.15, 0.2) is 133 Å². The van der Waals surface area contributed by atoms with E-state index in [0.717, 1.165) is 45.0 Å². The molecule has 0 spiro atoms. The quantitative estimate of drug-likeness (QED) is 0.165. The van der Waals surface area contributed by atoms with E-state index < -0.39 is 0 Å². The standard InChI is InChI=1S/C64H67BN4/c1-60(2,3)46-30-47(61(4,5)6)33-51(32-46)68-55-26-24-44(42-20-16-40(38-66)17-21-42)28-53(55)65-54-29-45(43-22-18-41(39-67)19-23-43)25-27-56(54)69(58-37-50(64(13,14)15)36-57(68)59(58)65)52-34-48(62(7,8)9)31-49(35-52)63(10,11)12/h16-37H,1-15H3. The van der Waals surface area contributed by atoms with Crippen molar-refractivity contribution in [1.29, 1.82) is 10.5 Å². The molecular formula is C64H67BN4. The SMILES string of the molecule is CC(C)(C)c1cc(N2c3ccc(-c4ccc(C#N)cc4)cc3B3c4cc(-c5ccc(C#N)cc5)ccc4N(c4cc(C(C)(C)C)cc(C(C)(C)C)c4)c4cc(C(C)(C)C)cc2c43)cc(C(C)(C)C)c1. The van der Waals surface area contributed by atoms with Crippen molar-refractivity contribution in [3.8, 4) is 34.4 Å². The molecular weight excluding hydrogens is 836 g/mol. The van der Waals surface area contributed by atoms with E-state index in [-0.39, 0.29) is 33.8 Å². The Morgan fingerprint density at radius 3 is 0.913 bits per heavy atom. The first-order valence-corrected chi connectivity index (χ1v) is 24.6. The van der Waals surface area contributed by atoms with Gasteiger partial charge in [0.25, 0.3) is 6.71 Å². The van der Waals surface area contributed by atoms with Crippen molar-refractivity contribution in [2.75, 3.05) is 9.80 Å². The molecule has 0 saturated carbocycles. The van der Waals surface area contributed by atoms with Gasteiger partial charge in [-0.3, -0.25) is 0 Å². The highest BCUT2D eigenvalue weighted by atomic mass is 15.2. The van der Waals surface area contributed by atoms with Gasteiger partial charge in [0.2, 0.25) is 0 Å². The van der Waals surface area contributed by atoms with E-state index in [4.69, 9.17) is 0 Å². The van der Waals surface area contributed by atoms with Gasteiger partial charge in [-0.25, -0.2) is 0 Å². The predicted octanol–water partition coefficient (Wildman–Crippen LogP) is 15.3. The first-order chi connectivity index (χ1) is 32.2. The summed E-state index contributed by atoms with van der Waals surface area (Å²) in [5.41, 5.74) is 22.3. The summed E-state index contributed by atoms with van der Waals surface area (Å²) in [7, 11) is 0. The molecule has 0 radical (unpaired) electrons. The lowest BCUT2D eigenvalue weighted by atomic mass is 9.33. The van der Waals surface area contributed by atoms with E-state index in [1.165, 1.54) is 55.6 Å². The number of benzene rings is 7. The van der Waals surface area contributed by atoms with Crippen molar-refractivity contribution in [2.24, 2.45) is 0 Å². The van der Waals surface area contributed by atoms with Gasteiger partial charge in [-0.05, 0) is 166 Å². The first kappa shape index (κ1) is 47.3. The predicted molar refractivity (Wildman–Crippen MR) is 294 cm³/mol. The summed E-state index contributed by atoms with van der Waals surface area (Å²) in [6.45, 7) is 34.7. The highest BCUT2D eigenvalue weighted by Crippen LogP contribution is 2.49. The van der Waals surface area contributed by atoms with Crippen LogP contribution in [0.2, 0.25) is 0 Å². The van der Waals surface area contributed by atoms with Crippen LogP contribution in [-0.4, -0.2) is 6.71 Å². The normalized spacial score (nSPS) is 13.6. The second-order valence-electron chi connectivity index (χ2n) is 24.7. The Hall–Kier alpha value is -6.82. The molecule has 7 aromatic rings. The van der Waals surface area contributed by atoms with Crippen molar-refractivity contribution in [1.82, 2.24) is 0 Å². The largest absolute Gasteiger partial charge is 0.311 e. The second kappa shape index (κ2) is 16.4. The molecule has 2 aliphatic rings. The number of anilines is 6. The molecule has 9 rings (SSSR count). The van der Waals surface area contributed by atoms with Crippen molar-refractivity contribution >= 4 is 57.2 Å². The van der Waals surface area contributed by atoms with Crippen molar-refractivity contribution in [2.45, 2.75) is 131 Å². The molecule has 2 heterocycles. The summed E-state index contributed by atoms with van der Waals surface area (Å²) in [4.78, 5) is 5.15. The minimum Gasteiger partial charge on any atom is -0.311 e. The summed E-state index contributed by atoms with van der Waals surface area (Å²) >= 11 is 0. The monoisotopic (exact) mass is 903 g/mol. The summed E-state index contributed by atoms with van der Waals surface area (Å²) in [5.74, 6) is 0. The van der Waals surface area contributed by atoms with Gasteiger partial charge in [0, 0.05) is 34.1 Å². The van der Waals surface area contributed by atoms with E-state index in [9.17, 15) is 10.5 Å². The molecule has 0 unspecified atom stereocenters. The van der Waals surface area contributed by atoms with Gasteiger partial charge in [-0.1, -0.05) is 165 Å². The zero-order valence-electron chi connectivity index (χ0n) is 43.6. The van der Waals surface area contributed by atoms with Crippen molar-refractivity contribution in [3.63, 3.8) is 0 Å². The third kappa shape index (κ3) is 8.67. The summed E-state index contributed by atoms with van der Waals surface area (Å²) in [5, 5.41) is 19.5. The van der Waals surface area contributed by atoms with Gasteiger partial charge in [-0.2, -0.15) is 10.5 Å². The Morgan fingerprint density at radius 1 is 0.333 bits per heavy atom. The van der Waals surface area contributed by atoms with Crippen molar-refractivity contribution < 1.29 is 0 Å². The Labute approximate surface area is 413 Å². The fourth-order valence-electron chi connectivity index (χ4n) is 10.0. The minimum absolute atomic E-state index is 0.0935. The van der Waals surface area contributed by atoms with E-state index >= 15 is 0 Å². The van der Waals surface area contributed by atoms with Crippen LogP contribution in [0.1, 0.15) is 143 Å². The average molecular weight is 903 g/mol. The molecule has 7 aromatic carbocycles. The molecule has 2 aliphatic heterocycles. The topological polar surface area (TPSA) is 54.1 Å². The van der Waals surface area contributed by atoms with Gasteiger partial charge < -0.3 is 9.80 Å². The van der Waals surface area contributed by atoms with Crippen LogP contribution in [-0.2, 0) is 27.1 Å².